The molecule has 2 nitrogen and oxygen atoms in total. The molecule has 0 N–H and O–H groups in total. The van der Waals surface area contributed by atoms with E-state index in [1.54, 1.807) is 0 Å². The number of carbonyl (C=O) groups is 1. The third-order valence-electron chi connectivity index (χ3n) is 6.85. The van der Waals surface area contributed by atoms with Crippen LogP contribution in [-0.4, -0.2) is 5.97 Å². The molecule has 8 heteroatoms. The molecular formula is C22H31F5O2S. The van der Waals surface area contributed by atoms with Crippen molar-refractivity contribution in [2.75, 3.05) is 0 Å². The standard InChI is InChI=1S/C22H31F5O2S/c1-2-3-16-4-6-17(7-5-16)18-8-10-19(11-9-18)22(28)29-20-12-14-21(15-13-20)30(23,24,25,26)27/h12-19H,2-11H2,1H3. The van der Waals surface area contributed by atoms with E-state index in [2.05, 4.69) is 6.92 Å². The average Bonchev–Trinajstić information content (AvgIpc) is 2.68. The molecule has 0 radical (unpaired) electrons. The Labute approximate surface area is 175 Å². The van der Waals surface area contributed by atoms with Crippen molar-refractivity contribution in [3.63, 3.8) is 0 Å². The van der Waals surface area contributed by atoms with Crippen LogP contribution >= 0.6 is 10.2 Å². The zero-order chi connectivity index (χ0) is 22.1. The molecule has 0 amide bonds. The lowest BCUT2D eigenvalue weighted by atomic mass is 9.69. The van der Waals surface area contributed by atoms with Crippen molar-refractivity contribution in [2.45, 2.75) is 76.0 Å². The van der Waals surface area contributed by atoms with Crippen molar-refractivity contribution in [1.82, 2.24) is 0 Å². The third-order valence-corrected chi connectivity index (χ3v) is 8.01. The zero-order valence-corrected chi connectivity index (χ0v) is 18.1. The summed E-state index contributed by atoms with van der Waals surface area (Å²) in [6, 6.07) is 2.11. The van der Waals surface area contributed by atoms with Gasteiger partial charge in [0.25, 0.3) is 0 Å². The molecule has 0 atom stereocenters. The SMILES string of the molecule is CCCC1CCC(C2CCC(C(=O)Oc3ccc(S(F)(F)(F)(F)F)cc3)CC2)CC1. The fourth-order valence-electron chi connectivity index (χ4n) is 5.15. The zero-order valence-electron chi connectivity index (χ0n) is 17.3. The van der Waals surface area contributed by atoms with Crippen LogP contribution < -0.4 is 4.74 Å². The highest BCUT2D eigenvalue weighted by Crippen LogP contribution is 3.02. The Balaban J connectivity index is 1.48. The Morgan fingerprint density at radius 2 is 1.37 bits per heavy atom. The lowest BCUT2D eigenvalue weighted by Gasteiger charge is -2.40. The number of halogens is 5. The summed E-state index contributed by atoms with van der Waals surface area (Å²) in [6.07, 6.45) is 11.0. The van der Waals surface area contributed by atoms with Gasteiger partial charge in [-0.05, 0) is 80.5 Å². The summed E-state index contributed by atoms with van der Waals surface area (Å²) < 4.78 is 69.0. The monoisotopic (exact) mass is 454 g/mol. The van der Waals surface area contributed by atoms with E-state index in [-0.39, 0.29) is 23.8 Å². The highest BCUT2D eigenvalue weighted by atomic mass is 32.5. The molecule has 0 aliphatic heterocycles. The molecule has 2 aliphatic rings. The predicted octanol–water partition coefficient (Wildman–Crippen LogP) is 8.66. The number of hydrogen-bond donors (Lipinski definition) is 0. The van der Waals surface area contributed by atoms with Crippen LogP contribution in [0.3, 0.4) is 0 Å². The van der Waals surface area contributed by atoms with Gasteiger partial charge in [-0.15, -0.1) is 0 Å². The largest absolute Gasteiger partial charge is 0.426 e. The summed E-state index contributed by atoms with van der Waals surface area (Å²) in [5.41, 5.74) is 0. The van der Waals surface area contributed by atoms with Gasteiger partial charge in [-0.1, -0.05) is 52.0 Å². The predicted molar refractivity (Wildman–Crippen MR) is 109 cm³/mol. The Hall–Kier alpha value is -1.31. The van der Waals surface area contributed by atoms with E-state index in [4.69, 9.17) is 4.74 Å². The van der Waals surface area contributed by atoms with Gasteiger partial charge in [-0.3, -0.25) is 4.79 Å². The minimum Gasteiger partial charge on any atom is -0.426 e. The number of carbonyl (C=O) groups excluding carboxylic acids is 1. The molecule has 2 fully saturated rings. The molecule has 0 unspecified atom stereocenters. The first kappa shape index (κ1) is 23.4. The lowest BCUT2D eigenvalue weighted by Crippen LogP contribution is -2.30. The van der Waals surface area contributed by atoms with E-state index in [9.17, 15) is 24.2 Å². The minimum atomic E-state index is -9.71. The number of esters is 1. The smallest absolute Gasteiger partial charge is 0.314 e. The van der Waals surface area contributed by atoms with Crippen LogP contribution in [0.2, 0.25) is 0 Å². The average molecular weight is 455 g/mol. The van der Waals surface area contributed by atoms with Gasteiger partial charge in [0.15, 0.2) is 0 Å². The molecule has 1 aromatic rings. The van der Waals surface area contributed by atoms with Crippen LogP contribution in [0.5, 0.6) is 5.75 Å². The molecule has 0 spiro atoms. The van der Waals surface area contributed by atoms with E-state index in [0.717, 1.165) is 36.8 Å². The molecule has 0 bridgehead atoms. The van der Waals surface area contributed by atoms with Crippen molar-refractivity contribution in [2.24, 2.45) is 23.7 Å². The third kappa shape index (κ3) is 6.11. The topological polar surface area (TPSA) is 26.3 Å². The molecule has 2 aliphatic carbocycles. The van der Waals surface area contributed by atoms with E-state index in [1.807, 2.05) is 0 Å². The van der Waals surface area contributed by atoms with Crippen molar-refractivity contribution in [1.29, 1.82) is 0 Å². The van der Waals surface area contributed by atoms with E-state index in [1.165, 1.54) is 38.5 Å². The molecule has 0 saturated heterocycles. The summed E-state index contributed by atoms with van der Waals surface area (Å²) in [6.45, 7) is 2.23. The van der Waals surface area contributed by atoms with Crippen LogP contribution in [0.15, 0.2) is 29.2 Å². The molecule has 3 rings (SSSR count). The summed E-state index contributed by atoms with van der Waals surface area (Å²) >= 11 is 0. The fraction of sp³-hybridized carbons (Fsp3) is 0.682. The molecule has 172 valence electrons. The van der Waals surface area contributed by atoms with Crippen molar-refractivity contribution in [3.05, 3.63) is 24.3 Å². The Bertz CT molecular complexity index is 731. The maximum absolute atomic E-state index is 12.8. The van der Waals surface area contributed by atoms with E-state index < -0.39 is 21.1 Å². The van der Waals surface area contributed by atoms with Crippen LogP contribution in [-0.2, 0) is 4.79 Å². The summed E-state index contributed by atoms with van der Waals surface area (Å²) in [7, 11) is -9.71. The number of hydrogen-bond acceptors (Lipinski definition) is 2. The van der Waals surface area contributed by atoms with Crippen molar-refractivity contribution < 1.29 is 29.0 Å². The minimum absolute atomic E-state index is 0.137. The second-order valence-corrected chi connectivity index (χ2v) is 11.5. The fourth-order valence-corrected chi connectivity index (χ4v) is 5.80. The van der Waals surface area contributed by atoms with Gasteiger partial charge >= 0.3 is 16.2 Å². The van der Waals surface area contributed by atoms with Crippen LogP contribution in [0, 0.1) is 23.7 Å². The van der Waals surface area contributed by atoms with E-state index in [0.29, 0.717) is 18.8 Å². The van der Waals surface area contributed by atoms with Crippen molar-refractivity contribution in [3.8, 4) is 5.75 Å². The first-order valence-electron chi connectivity index (χ1n) is 10.9. The normalized spacial score (nSPS) is 30.2. The Kier molecular flexibility index (Phi) is 6.22. The Morgan fingerprint density at radius 3 is 1.83 bits per heavy atom. The molecule has 0 heterocycles. The molecule has 2 saturated carbocycles. The van der Waals surface area contributed by atoms with E-state index >= 15 is 0 Å². The molecule has 1 aromatic carbocycles. The summed E-state index contributed by atoms with van der Waals surface area (Å²) in [4.78, 5) is 10.4. The first-order valence-corrected chi connectivity index (χ1v) is 12.9. The van der Waals surface area contributed by atoms with Gasteiger partial charge in [0.2, 0.25) is 0 Å². The van der Waals surface area contributed by atoms with Gasteiger partial charge in [0.1, 0.15) is 10.6 Å². The quantitative estimate of drug-likeness (QED) is 0.244. The lowest BCUT2D eigenvalue weighted by molar-refractivity contribution is -0.140. The molecule has 0 aromatic heterocycles. The van der Waals surface area contributed by atoms with Gasteiger partial charge in [0.05, 0.1) is 5.92 Å². The van der Waals surface area contributed by atoms with Crippen LogP contribution in [0.1, 0.15) is 71.1 Å². The van der Waals surface area contributed by atoms with Gasteiger partial charge < -0.3 is 4.74 Å². The summed E-state index contributed by atoms with van der Waals surface area (Å²) in [5, 5.41) is 0. The van der Waals surface area contributed by atoms with Crippen LogP contribution in [0.4, 0.5) is 19.4 Å². The van der Waals surface area contributed by atoms with Crippen molar-refractivity contribution >= 4 is 16.2 Å². The van der Waals surface area contributed by atoms with Gasteiger partial charge in [-0.2, -0.15) is 0 Å². The molecular weight excluding hydrogens is 423 g/mol. The molecule has 30 heavy (non-hydrogen) atoms. The highest BCUT2D eigenvalue weighted by molar-refractivity contribution is 8.45. The number of ether oxygens (including phenoxy) is 1. The van der Waals surface area contributed by atoms with Gasteiger partial charge in [-0.25, -0.2) is 0 Å². The maximum Gasteiger partial charge on any atom is 0.314 e. The highest BCUT2D eigenvalue weighted by Gasteiger charge is 2.65. The second kappa shape index (κ2) is 7.99. The first-order chi connectivity index (χ1) is 13.9. The second-order valence-electron chi connectivity index (χ2n) is 9.04. The van der Waals surface area contributed by atoms with Gasteiger partial charge in [0, 0.05) is 0 Å². The summed E-state index contributed by atoms with van der Waals surface area (Å²) in [5.74, 6) is 1.32. The Morgan fingerprint density at radius 1 is 0.867 bits per heavy atom. The number of rotatable bonds is 6. The van der Waals surface area contributed by atoms with Crippen LogP contribution in [0.25, 0.3) is 0 Å². The maximum atomic E-state index is 12.8. The number of benzene rings is 1.